The molecule has 3 rings (SSSR count). The smallest absolute Gasteiger partial charge is 0.386 e. The molecule has 0 radical (unpaired) electrons. The fourth-order valence-electron chi connectivity index (χ4n) is 3.64. The Balaban J connectivity index is 0. The van der Waals surface area contributed by atoms with E-state index < -0.39 is 6.18 Å². The maximum Gasteiger partial charge on any atom is 0.386 e. The van der Waals surface area contributed by atoms with Gasteiger partial charge in [0.15, 0.2) is 0 Å². The molecular weight excluding hydrogens is 431 g/mol. The number of halogens is 3. The van der Waals surface area contributed by atoms with E-state index in [1.54, 1.807) is 7.11 Å². The van der Waals surface area contributed by atoms with E-state index in [9.17, 15) is 18.0 Å². The number of carbonyl (C=O) groups excluding carboxylic acids is 1. The van der Waals surface area contributed by atoms with Crippen molar-refractivity contribution < 1.29 is 33.3 Å². The number of likely N-dealkylation sites (tertiary alicyclic amines) is 1. The second kappa shape index (κ2) is 20.0. The number of benzene rings is 1. The highest BCUT2D eigenvalue weighted by molar-refractivity contribution is 5.46. The molecule has 33 heavy (non-hydrogen) atoms. The van der Waals surface area contributed by atoms with Crippen molar-refractivity contribution in [3.63, 3.8) is 0 Å². The minimum Gasteiger partial charge on any atom is -0.496 e. The number of quaternary nitrogens is 2. The van der Waals surface area contributed by atoms with E-state index in [0.29, 0.717) is 5.92 Å². The maximum atomic E-state index is 10.4. The van der Waals surface area contributed by atoms with Crippen molar-refractivity contribution >= 4 is 6.41 Å². The molecule has 1 atom stereocenters. The standard InChI is InChI=1S/C13H20N2O.C6H11NO.C2H3F3.2C2H2/c1-14-9-12-11(10-6-7-15-8-10)4-3-5-13(12)16-2;8-6-7-4-2-1-3-5-7;1-2(3,4)5;2*1-2/h3-5,10,14-15H,6-9H2,1-2H3;6H,1-5H2;1H3;2*1-2H/p+2/t10-;;;;/m0..../s1. The van der Waals surface area contributed by atoms with Crippen LogP contribution in [0.2, 0.25) is 0 Å². The van der Waals surface area contributed by atoms with Crippen molar-refractivity contribution in [1.82, 2.24) is 4.90 Å². The summed E-state index contributed by atoms with van der Waals surface area (Å²) >= 11 is 0. The van der Waals surface area contributed by atoms with Gasteiger partial charge in [0.2, 0.25) is 6.41 Å². The van der Waals surface area contributed by atoms with Crippen molar-refractivity contribution in [2.75, 3.05) is 40.3 Å². The summed E-state index contributed by atoms with van der Waals surface area (Å²) < 4.78 is 36.5. The molecule has 2 aliphatic rings. The maximum absolute atomic E-state index is 10.4. The van der Waals surface area contributed by atoms with Crippen molar-refractivity contribution in [3.8, 4) is 31.4 Å². The number of piperidine rings is 1. The van der Waals surface area contributed by atoms with Crippen molar-refractivity contribution in [2.24, 2.45) is 0 Å². The summed E-state index contributed by atoms with van der Waals surface area (Å²) in [7, 11) is 3.87. The monoisotopic (exact) mass is 471 g/mol. The number of hydrogen-bond acceptors (Lipinski definition) is 2. The van der Waals surface area contributed by atoms with Gasteiger partial charge in [-0.3, -0.25) is 4.79 Å². The second-order valence-corrected chi connectivity index (χ2v) is 7.42. The lowest BCUT2D eigenvalue weighted by Crippen LogP contribution is -2.81. The molecule has 8 heteroatoms. The molecule has 2 aliphatic heterocycles. The Bertz CT molecular complexity index is 652. The normalized spacial score (nSPS) is 16.7. The van der Waals surface area contributed by atoms with Gasteiger partial charge in [0.1, 0.15) is 12.3 Å². The predicted octanol–water partition coefficient (Wildman–Crippen LogP) is 2.14. The van der Waals surface area contributed by atoms with Gasteiger partial charge in [-0.05, 0) is 30.9 Å². The zero-order valence-electron chi connectivity index (χ0n) is 20.1. The minimum atomic E-state index is -4.00. The largest absolute Gasteiger partial charge is 0.496 e. The van der Waals surface area contributed by atoms with Crippen molar-refractivity contribution in [2.45, 2.75) is 51.2 Å². The summed E-state index contributed by atoms with van der Waals surface area (Å²) in [6.07, 6.45) is 17.9. The number of nitrogens with zero attached hydrogens (tertiary/aromatic N) is 1. The van der Waals surface area contributed by atoms with E-state index in [2.05, 4.69) is 61.6 Å². The quantitative estimate of drug-likeness (QED) is 0.511. The summed E-state index contributed by atoms with van der Waals surface area (Å²) in [5.74, 6) is 1.76. The highest BCUT2D eigenvalue weighted by Crippen LogP contribution is 2.29. The van der Waals surface area contributed by atoms with Gasteiger partial charge in [0.25, 0.3) is 0 Å². The molecule has 1 amide bonds. The Labute approximate surface area is 197 Å². The number of terminal acetylenes is 2. The summed E-state index contributed by atoms with van der Waals surface area (Å²) in [4.78, 5) is 11.9. The number of carbonyl (C=O) groups is 1. The van der Waals surface area contributed by atoms with Gasteiger partial charge in [0, 0.05) is 32.4 Å². The zero-order chi connectivity index (χ0) is 25.7. The number of amides is 1. The van der Waals surface area contributed by atoms with Gasteiger partial charge in [0.05, 0.1) is 32.8 Å². The molecule has 1 aromatic rings. The highest BCUT2D eigenvalue weighted by Gasteiger charge is 2.24. The minimum absolute atomic E-state index is 0.188. The fraction of sp³-hybridized carbons (Fsp3) is 0.560. The Morgan fingerprint density at radius 1 is 1.18 bits per heavy atom. The van der Waals surface area contributed by atoms with Crippen LogP contribution in [0.25, 0.3) is 0 Å². The molecule has 2 fully saturated rings. The summed E-state index contributed by atoms with van der Waals surface area (Å²) in [6.45, 7) is 5.64. The molecule has 0 unspecified atom stereocenters. The third kappa shape index (κ3) is 15.7. The number of rotatable bonds is 5. The van der Waals surface area contributed by atoms with Gasteiger partial charge in [-0.25, -0.2) is 0 Å². The highest BCUT2D eigenvalue weighted by atomic mass is 19.4. The van der Waals surface area contributed by atoms with Crippen LogP contribution in [-0.4, -0.2) is 57.8 Å². The van der Waals surface area contributed by atoms with E-state index in [-0.39, 0.29) is 6.92 Å². The van der Waals surface area contributed by atoms with Crippen LogP contribution in [0.3, 0.4) is 0 Å². The first-order chi connectivity index (χ1) is 15.8. The summed E-state index contributed by atoms with van der Waals surface area (Å²) in [5, 5.41) is 4.61. The SMILES string of the molecule is C#C.C#C.CC(F)(F)F.C[NH2+]Cc1c(OC)cccc1[C@H]1CC[NH2+]C1.O=CN1CCCCC1. The molecule has 1 aromatic carbocycles. The first-order valence-electron chi connectivity index (χ1n) is 11.0. The third-order valence-corrected chi connectivity index (χ3v) is 4.95. The van der Waals surface area contributed by atoms with Gasteiger partial charge in [-0.2, -0.15) is 13.2 Å². The number of methoxy groups -OCH3 is 1. The van der Waals surface area contributed by atoms with Crippen LogP contribution in [0.4, 0.5) is 13.2 Å². The Kier molecular flexibility index (Phi) is 19.7. The number of alkyl halides is 3. The van der Waals surface area contributed by atoms with Gasteiger partial charge >= 0.3 is 6.18 Å². The second-order valence-electron chi connectivity index (χ2n) is 7.42. The topological polar surface area (TPSA) is 62.8 Å². The van der Waals surface area contributed by atoms with Crippen LogP contribution in [-0.2, 0) is 11.3 Å². The van der Waals surface area contributed by atoms with Crippen molar-refractivity contribution in [3.05, 3.63) is 29.3 Å². The predicted molar refractivity (Wildman–Crippen MR) is 127 cm³/mol. The molecule has 4 N–H and O–H groups in total. The molecule has 5 nitrogen and oxygen atoms in total. The fourth-order valence-corrected chi connectivity index (χ4v) is 3.64. The number of hydrogen-bond donors (Lipinski definition) is 2. The molecule has 0 bridgehead atoms. The first-order valence-corrected chi connectivity index (χ1v) is 11.0. The van der Waals surface area contributed by atoms with Crippen LogP contribution in [0.15, 0.2) is 18.2 Å². The van der Waals surface area contributed by atoms with E-state index in [1.807, 2.05) is 4.90 Å². The van der Waals surface area contributed by atoms with E-state index >= 15 is 0 Å². The average Bonchev–Trinajstić information content (AvgIpc) is 3.37. The van der Waals surface area contributed by atoms with E-state index in [1.165, 1.54) is 49.9 Å². The third-order valence-electron chi connectivity index (χ3n) is 4.95. The summed E-state index contributed by atoms with van der Waals surface area (Å²) in [6, 6.07) is 6.46. The zero-order valence-corrected chi connectivity index (χ0v) is 20.1. The molecule has 0 spiro atoms. The van der Waals surface area contributed by atoms with Gasteiger partial charge in [-0.15, -0.1) is 25.7 Å². The molecule has 0 saturated carbocycles. The lowest BCUT2D eigenvalue weighted by Gasteiger charge is -2.21. The van der Waals surface area contributed by atoms with Crippen LogP contribution in [0, 0.1) is 25.7 Å². The molecule has 2 saturated heterocycles. The number of nitrogens with two attached hydrogens (primary N) is 2. The van der Waals surface area contributed by atoms with Crippen LogP contribution < -0.4 is 15.4 Å². The lowest BCUT2D eigenvalue weighted by molar-refractivity contribution is -0.643. The molecule has 2 heterocycles. The van der Waals surface area contributed by atoms with E-state index in [4.69, 9.17) is 4.74 Å². The Hall–Kier alpha value is -2.68. The average molecular weight is 472 g/mol. The number of ether oxygens (including phenoxy) is 1. The van der Waals surface area contributed by atoms with Crippen LogP contribution >= 0.6 is 0 Å². The van der Waals surface area contributed by atoms with Crippen molar-refractivity contribution in [1.29, 1.82) is 0 Å². The van der Waals surface area contributed by atoms with Crippen LogP contribution in [0.1, 0.15) is 49.7 Å². The lowest BCUT2D eigenvalue weighted by atomic mass is 9.93. The molecule has 0 aromatic heterocycles. The Morgan fingerprint density at radius 2 is 1.76 bits per heavy atom. The molecule has 186 valence electrons. The van der Waals surface area contributed by atoms with Gasteiger partial charge < -0.3 is 20.3 Å². The van der Waals surface area contributed by atoms with Crippen LogP contribution in [0.5, 0.6) is 5.75 Å². The summed E-state index contributed by atoms with van der Waals surface area (Å²) in [5.41, 5.74) is 2.87. The molecule has 0 aliphatic carbocycles. The van der Waals surface area contributed by atoms with Gasteiger partial charge in [-0.1, -0.05) is 12.1 Å². The first kappa shape index (κ1) is 32.5. The molecular formula is C25H40F3N3O2+2. The Morgan fingerprint density at radius 3 is 2.15 bits per heavy atom. The van der Waals surface area contributed by atoms with E-state index in [0.717, 1.165) is 31.8 Å².